The van der Waals surface area contributed by atoms with E-state index < -0.39 is 11.6 Å². The molecule has 0 saturated carbocycles. The van der Waals surface area contributed by atoms with Crippen LogP contribution in [0.1, 0.15) is 5.56 Å². The first kappa shape index (κ1) is 10.5. The maximum absolute atomic E-state index is 12.9. The summed E-state index contributed by atoms with van der Waals surface area (Å²) in [6, 6.07) is 4.07. The van der Waals surface area contributed by atoms with Gasteiger partial charge in [-0.15, -0.1) is 0 Å². The summed E-state index contributed by atoms with van der Waals surface area (Å²) in [6.45, 7) is 0. The molecule has 0 heterocycles. The van der Waals surface area contributed by atoms with Crippen molar-refractivity contribution in [2.45, 2.75) is 6.42 Å². The average molecular weight is 196 g/mol. The van der Waals surface area contributed by atoms with Crippen molar-refractivity contribution in [3.63, 3.8) is 0 Å². The van der Waals surface area contributed by atoms with Crippen LogP contribution in [0.25, 0.3) is 0 Å². The quantitative estimate of drug-likeness (QED) is 0.724. The molecule has 0 spiro atoms. The lowest BCUT2D eigenvalue weighted by Gasteiger charge is -2.16. The van der Waals surface area contributed by atoms with Crippen molar-refractivity contribution in [2.24, 2.45) is 0 Å². The third-order valence-electron chi connectivity index (χ3n) is 1.87. The van der Waals surface area contributed by atoms with E-state index >= 15 is 0 Å². The van der Waals surface area contributed by atoms with E-state index in [4.69, 9.17) is 5.26 Å². The Labute approximate surface area is 81.4 Å². The molecule has 0 fully saturated rings. The highest BCUT2D eigenvalue weighted by atomic mass is 19.2. The van der Waals surface area contributed by atoms with Crippen LogP contribution in [-0.4, -0.2) is 14.1 Å². The summed E-state index contributed by atoms with van der Waals surface area (Å²) >= 11 is 0. The molecule has 1 rings (SSSR count). The number of hydrogen-bond acceptors (Lipinski definition) is 2. The van der Waals surface area contributed by atoms with Gasteiger partial charge in [-0.25, -0.2) is 8.78 Å². The minimum absolute atomic E-state index is 0.0741. The van der Waals surface area contributed by atoms with Crippen LogP contribution in [0.4, 0.5) is 14.5 Å². The van der Waals surface area contributed by atoms with Gasteiger partial charge < -0.3 is 4.90 Å². The van der Waals surface area contributed by atoms with Crippen molar-refractivity contribution in [2.75, 3.05) is 19.0 Å². The number of anilines is 1. The van der Waals surface area contributed by atoms with Crippen LogP contribution < -0.4 is 4.90 Å². The molecular weight excluding hydrogens is 186 g/mol. The molecule has 2 nitrogen and oxygen atoms in total. The van der Waals surface area contributed by atoms with Crippen molar-refractivity contribution >= 4 is 5.69 Å². The van der Waals surface area contributed by atoms with E-state index in [1.54, 1.807) is 19.0 Å². The third kappa shape index (κ3) is 1.99. The molecule has 0 amide bonds. The van der Waals surface area contributed by atoms with Gasteiger partial charge >= 0.3 is 0 Å². The van der Waals surface area contributed by atoms with Crippen molar-refractivity contribution in [3.05, 3.63) is 29.3 Å². The lowest BCUT2D eigenvalue weighted by Crippen LogP contribution is -2.12. The molecule has 0 unspecified atom stereocenters. The standard InChI is InChI=1S/C10H10F2N2/c1-14(2)10-6-9(12)8(11)5-7(10)3-4-13/h5-6H,3H2,1-2H3. The molecule has 14 heavy (non-hydrogen) atoms. The monoisotopic (exact) mass is 196 g/mol. The van der Waals surface area contributed by atoms with Gasteiger partial charge in [0, 0.05) is 25.8 Å². The third-order valence-corrected chi connectivity index (χ3v) is 1.87. The van der Waals surface area contributed by atoms with Gasteiger partial charge in [0.25, 0.3) is 0 Å². The number of halogens is 2. The first-order valence-corrected chi connectivity index (χ1v) is 4.08. The molecule has 0 radical (unpaired) electrons. The Balaban J connectivity index is 3.25. The molecule has 0 aliphatic heterocycles. The number of nitrogens with zero attached hydrogens (tertiary/aromatic N) is 2. The molecule has 0 bridgehead atoms. The normalized spacial score (nSPS) is 9.64. The van der Waals surface area contributed by atoms with Crippen LogP contribution in [0.15, 0.2) is 12.1 Å². The molecule has 0 aromatic heterocycles. The van der Waals surface area contributed by atoms with E-state index in [2.05, 4.69) is 0 Å². The molecular formula is C10H10F2N2. The molecule has 1 aromatic carbocycles. The first-order valence-electron chi connectivity index (χ1n) is 4.08. The summed E-state index contributed by atoms with van der Waals surface area (Å²) < 4.78 is 25.7. The highest BCUT2D eigenvalue weighted by Crippen LogP contribution is 2.22. The minimum atomic E-state index is -0.916. The molecule has 1 aromatic rings. The number of benzene rings is 1. The van der Waals surface area contributed by atoms with Crippen LogP contribution in [0.2, 0.25) is 0 Å². The van der Waals surface area contributed by atoms with E-state index in [1.807, 2.05) is 6.07 Å². The maximum atomic E-state index is 12.9. The predicted octanol–water partition coefficient (Wildman–Crippen LogP) is 2.10. The van der Waals surface area contributed by atoms with Gasteiger partial charge in [-0.3, -0.25) is 0 Å². The van der Waals surface area contributed by atoms with E-state index in [0.29, 0.717) is 11.3 Å². The fourth-order valence-electron chi connectivity index (χ4n) is 1.22. The first-order chi connectivity index (χ1) is 6.56. The molecule has 0 N–H and O–H groups in total. The Morgan fingerprint density at radius 2 is 1.86 bits per heavy atom. The minimum Gasteiger partial charge on any atom is -0.377 e. The summed E-state index contributed by atoms with van der Waals surface area (Å²) in [5.74, 6) is -1.81. The second-order valence-corrected chi connectivity index (χ2v) is 3.12. The zero-order chi connectivity index (χ0) is 10.7. The van der Waals surface area contributed by atoms with Gasteiger partial charge in [-0.1, -0.05) is 0 Å². The van der Waals surface area contributed by atoms with Crippen molar-refractivity contribution in [1.82, 2.24) is 0 Å². The van der Waals surface area contributed by atoms with Crippen molar-refractivity contribution < 1.29 is 8.78 Å². The van der Waals surface area contributed by atoms with E-state index in [9.17, 15) is 8.78 Å². The molecule has 0 aliphatic rings. The highest BCUT2D eigenvalue weighted by Gasteiger charge is 2.10. The lowest BCUT2D eigenvalue weighted by molar-refractivity contribution is 0.507. The second kappa shape index (κ2) is 4.05. The summed E-state index contributed by atoms with van der Waals surface area (Å²) in [6.07, 6.45) is 0.0741. The van der Waals surface area contributed by atoms with Crippen LogP contribution in [0.5, 0.6) is 0 Å². The molecule has 0 aliphatic carbocycles. The number of hydrogen-bond donors (Lipinski definition) is 0. The summed E-state index contributed by atoms with van der Waals surface area (Å²) in [7, 11) is 3.43. The van der Waals surface area contributed by atoms with E-state index in [0.717, 1.165) is 12.1 Å². The molecule has 0 saturated heterocycles. The second-order valence-electron chi connectivity index (χ2n) is 3.12. The van der Waals surface area contributed by atoms with Gasteiger partial charge in [0.05, 0.1) is 12.5 Å². The topological polar surface area (TPSA) is 27.0 Å². The Kier molecular flexibility index (Phi) is 3.03. The van der Waals surface area contributed by atoms with Crippen LogP contribution in [0, 0.1) is 23.0 Å². The predicted molar refractivity (Wildman–Crippen MR) is 50.0 cm³/mol. The summed E-state index contributed by atoms with van der Waals surface area (Å²) in [4.78, 5) is 1.65. The van der Waals surface area contributed by atoms with E-state index in [1.165, 1.54) is 0 Å². The molecule has 4 heteroatoms. The van der Waals surface area contributed by atoms with Crippen LogP contribution in [-0.2, 0) is 6.42 Å². The summed E-state index contributed by atoms with van der Waals surface area (Å²) in [5, 5.41) is 8.50. The van der Waals surface area contributed by atoms with Gasteiger partial charge in [0.1, 0.15) is 0 Å². The zero-order valence-corrected chi connectivity index (χ0v) is 8.01. The van der Waals surface area contributed by atoms with Crippen LogP contribution >= 0.6 is 0 Å². The Bertz CT molecular complexity index is 380. The number of rotatable bonds is 2. The van der Waals surface area contributed by atoms with Crippen LogP contribution in [0.3, 0.4) is 0 Å². The Hall–Kier alpha value is -1.63. The van der Waals surface area contributed by atoms with Gasteiger partial charge in [0.2, 0.25) is 0 Å². The lowest BCUT2D eigenvalue weighted by atomic mass is 10.1. The van der Waals surface area contributed by atoms with E-state index in [-0.39, 0.29) is 6.42 Å². The largest absolute Gasteiger partial charge is 0.377 e. The smallest absolute Gasteiger partial charge is 0.160 e. The Morgan fingerprint density at radius 1 is 1.29 bits per heavy atom. The zero-order valence-electron chi connectivity index (χ0n) is 8.01. The van der Waals surface area contributed by atoms with Gasteiger partial charge in [0.15, 0.2) is 11.6 Å². The van der Waals surface area contributed by atoms with Crippen molar-refractivity contribution in [3.8, 4) is 6.07 Å². The molecule has 0 atom stereocenters. The van der Waals surface area contributed by atoms with Gasteiger partial charge in [-0.05, 0) is 11.6 Å². The maximum Gasteiger partial charge on any atom is 0.160 e. The number of nitriles is 1. The fourth-order valence-corrected chi connectivity index (χ4v) is 1.22. The van der Waals surface area contributed by atoms with Gasteiger partial charge in [-0.2, -0.15) is 5.26 Å². The Morgan fingerprint density at radius 3 is 2.36 bits per heavy atom. The SMILES string of the molecule is CN(C)c1cc(F)c(F)cc1CC#N. The van der Waals surface area contributed by atoms with Crippen molar-refractivity contribution in [1.29, 1.82) is 5.26 Å². The highest BCUT2D eigenvalue weighted by molar-refractivity contribution is 5.54. The average Bonchev–Trinajstić information content (AvgIpc) is 2.11. The molecule has 74 valence electrons. The summed E-state index contributed by atoms with van der Waals surface area (Å²) in [5.41, 5.74) is 1.03. The fraction of sp³-hybridized carbons (Fsp3) is 0.300.